The molecule has 1 aliphatic heterocycles. The maximum Gasteiger partial charge on any atom is 0.417 e. The van der Waals surface area contributed by atoms with Crippen LogP contribution in [0.5, 0.6) is 0 Å². The van der Waals surface area contributed by atoms with Gasteiger partial charge in [-0.15, -0.1) is 6.58 Å². The maximum absolute atomic E-state index is 12.6. The van der Waals surface area contributed by atoms with E-state index in [-0.39, 0.29) is 12.6 Å². The highest BCUT2D eigenvalue weighted by Crippen LogP contribution is 2.25. The summed E-state index contributed by atoms with van der Waals surface area (Å²) in [5, 5.41) is 10.1. The fourth-order valence-corrected chi connectivity index (χ4v) is 2.61. The highest BCUT2D eigenvalue weighted by atomic mass is 16.6. The normalized spacial score (nSPS) is 19.7. The number of rotatable bonds is 5. The molecule has 1 aliphatic rings. The minimum absolute atomic E-state index is 0.162. The van der Waals surface area contributed by atoms with E-state index in [1.54, 1.807) is 0 Å². The van der Waals surface area contributed by atoms with Crippen molar-refractivity contribution in [3.05, 3.63) is 48.6 Å². The first-order chi connectivity index (χ1) is 10.3. The van der Waals surface area contributed by atoms with Gasteiger partial charge in [0, 0.05) is 0 Å². The van der Waals surface area contributed by atoms with Crippen LogP contribution in [0.3, 0.4) is 0 Å². The number of benzene rings is 1. The summed E-state index contributed by atoms with van der Waals surface area (Å²) in [5.41, 5.74) is -0.277. The van der Waals surface area contributed by atoms with Crippen molar-refractivity contribution in [2.24, 2.45) is 5.92 Å². The molecule has 0 aromatic heterocycles. The summed E-state index contributed by atoms with van der Waals surface area (Å²) in [6, 6.07) is 9.22. The molecule has 1 aromatic rings. The first kappa shape index (κ1) is 16.2. The van der Waals surface area contributed by atoms with Crippen molar-refractivity contribution in [3.63, 3.8) is 0 Å². The minimum Gasteiger partial charge on any atom is -0.447 e. The lowest BCUT2D eigenvalue weighted by Crippen LogP contribution is -2.48. The van der Waals surface area contributed by atoms with Crippen LogP contribution in [0.1, 0.15) is 19.4 Å². The van der Waals surface area contributed by atoms with Gasteiger partial charge in [0.1, 0.15) is 6.61 Å². The van der Waals surface area contributed by atoms with Crippen LogP contribution < -0.4 is 0 Å². The molecular weight excluding hydrogens is 282 g/mol. The molecule has 1 aromatic carbocycles. The van der Waals surface area contributed by atoms with E-state index < -0.39 is 23.5 Å². The Balaban J connectivity index is 2.20. The smallest absolute Gasteiger partial charge is 0.417 e. The fraction of sp³-hybridized carbons (Fsp3) is 0.412. The lowest BCUT2D eigenvalue weighted by Gasteiger charge is -2.30. The van der Waals surface area contributed by atoms with Crippen molar-refractivity contribution in [1.82, 2.24) is 4.90 Å². The second-order valence-electron chi connectivity index (χ2n) is 6.00. The van der Waals surface area contributed by atoms with Gasteiger partial charge in [-0.3, -0.25) is 4.79 Å². The van der Waals surface area contributed by atoms with E-state index in [0.29, 0.717) is 6.42 Å². The lowest BCUT2D eigenvalue weighted by atomic mass is 9.89. The Kier molecular flexibility index (Phi) is 4.66. The molecule has 1 N–H and O–H groups in total. The number of ether oxygens (including phenoxy) is 1. The molecular formula is C17H21NO4. The number of cyclic esters (lactones) is 1. The predicted molar refractivity (Wildman–Crippen MR) is 82.1 cm³/mol. The quantitative estimate of drug-likeness (QED) is 0.846. The number of carbonyl (C=O) groups is 2. The first-order valence-corrected chi connectivity index (χ1v) is 7.23. The van der Waals surface area contributed by atoms with Crippen molar-refractivity contribution < 1.29 is 19.4 Å². The van der Waals surface area contributed by atoms with Gasteiger partial charge in [-0.05, 0) is 25.8 Å². The number of aliphatic hydroxyl groups is 1. The molecule has 1 fully saturated rings. The van der Waals surface area contributed by atoms with E-state index in [1.165, 1.54) is 19.9 Å². The Hall–Kier alpha value is -2.14. The molecule has 0 aliphatic carbocycles. The number of carbonyl (C=O) groups excluding carboxylic acids is 2. The van der Waals surface area contributed by atoms with E-state index in [0.717, 1.165) is 10.5 Å². The summed E-state index contributed by atoms with van der Waals surface area (Å²) in [7, 11) is 0. The molecule has 0 saturated carbocycles. The highest BCUT2D eigenvalue weighted by molar-refractivity contribution is 5.96. The summed E-state index contributed by atoms with van der Waals surface area (Å²) in [5.74, 6) is -1.35. The number of hydrogen-bond acceptors (Lipinski definition) is 4. The molecule has 1 saturated heterocycles. The van der Waals surface area contributed by atoms with Crippen LogP contribution in [-0.2, 0) is 16.0 Å². The zero-order valence-corrected chi connectivity index (χ0v) is 12.9. The fourth-order valence-electron chi connectivity index (χ4n) is 2.61. The Labute approximate surface area is 130 Å². The van der Waals surface area contributed by atoms with Gasteiger partial charge >= 0.3 is 6.09 Å². The average molecular weight is 303 g/mol. The Morgan fingerprint density at radius 2 is 2.14 bits per heavy atom. The van der Waals surface area contributed by atoms with Gasteiger partial charge in [-0.25, -0.2) is 9.69 Å². The average Bonchev–Trinajstić information content (AvgIpc) is 2.80. The molecule has 22 heavy (non-hydrogen) atoms. The summed E-state index contributed by atoms with van der Waals surface area (Å²) in [4.78, 5) is 25.7. The van der Waals surface area contributed by atoms with Crippen LogP contribution in [0.4, 0.5) is 4.79 Å². The number of amides is 2. The Bertz CT molecular complexity index is 562. The largest absolute Gasteiger partial charge is 0.447 e. The van der Waals surface area contributed by atoms with Crippen LogP contribution in [0.15, 0.2) is 43.0 Å². The highest BCUT2D eigenvalue weighted by Gasteiger charge is 2.43. The van der Waals surface area contributed by atoms with Crippen LogP contribution in [0.2, 0.25) is 0 Å². The van der Waals surface area contributed by atoms with Crippen LogP contribution in [0.25, 0.3) is 0 Å². The van der Waals surface area contributed by atoms with Crippen LogP contribution in [0, 0.1) is 5.92 Å². The van der Waals surface area contributed by atoms with E-state index in [1.807, 2.05) is 30.3 Å². The third-order valence-electron chi connectivity index (χ3n) is 3.78. The molecule has 0 spiro atoms. The van der Waals surface area contributed by atoms with Gasteiger partial charge in [-0.1, -0.05) is 36.4 Å². The monoisotopic (exact) mass is 303 g/mol. The van der Waals surface area contributed by atoms with E-state index in [2.05, 4.69) is 6.58 Å². The van der Waals surface area contributed by atoms with Crippen molar-refractivity contribution in [2.45, 2.75) is 31.9 Å². The Morgan fingerprint density at radius 1 is 1.50 bits per heavy atom. The van der Waals surface area contributed by atoms with Gasteiger partial charge in [0.25, 0.3) is 0 Å². The van der Waals surface area contributed by atoms with E-state index in [9.17, 15) is 14.7 Å². The number of imide groups is 1. The predicted octanol–water partition coefficient (Wildman–Crippen LogP) is 2.15. The molecule has 0 bridgehead atoms. The van der Waals surface area contributed by atoms with Crippen molar-refractivity contribution in [2.75, 3.05) is 6.61 Å². The molecule has 2 amide bonds. The van der Waals surface area contributed by atoms with Gasteiger partial charge in [0.2, 0.25) is 5.91 Å². The van der Waals surface area contributed by atoms with Crippen molar-refractivity contribution in [1.29, 1.82) is 0 Å². The second kappa shape index (κ2) is 6.32. The van der Waals surface area contributed by atoms with E-state index >= 15 is 0 Å². The molecule has 2 atom stereocenters. The van der Waals surface area contributed by atoms with Crippen LogP contribution >= 0.6 is 0 Å². The maximum atomic E-state index is 12.6. The third kappa shape index (κ3) is 3.36. The summed E-state index contributed by atoms with van der Waals surface area (Å²) < 4.78 is 5.03. The molecule has 118 valence electrons. The van der Waals surface area contributed by atoms with Crippen molar-refractivity contribution >= 4 is 12.0 Å². The van der Waals surface area contributed by atoms with Gasteiger partial charge in [-0.2, -0.15) is 0 Å². The van der Waals surface area contributed by atoms with Gasteiger partial charge in [0.05, 0.1) is 17.6 Å². The molecule has 0 unspecified atom stereocenters. The summed E-state index contributed by atoms with van der Waals surface area (Å²) in [6.45, 7) is 6.79. The second-order valence-corrected chi connectivity index (χ2v) is 6.00. The first-order valence-electron chi connectivity index (χ1n) is 7.23. The third-order valence-corrected chi connectivity index (χ3v) is 3.78. The molecule has 0 radical (unpaired) electrons. The lowest BCUT2D eigenvalue weighted by molar-refractivity contribution is -0.138. The van der Waals surface area contributed by atoms with Gasteiger partial charge < -0.3 is 9.84 Å². The zero-order chi connectivity index (χ0) is 16.3. The Morgan fingerprint density at radius 3 is 2.68 bits per heavy atom. The molecule has 1 heterocycles. The molecule has 2 rings (SSSR count). The molecule has 5 heteroatoms. The molecule has 5 nitrogen and oxygen atoms in total. The number of hydrogen-bond donors (Lipinski definition) is 1. The SMILES string of the molecule is C=C[C@H](C(=O)N1C(=O)OC[C@H]1Cc1ccccc1)C(C)(C)O. The van der Waals surface area contributed by atoms with Crippen molar-refractivity contribution in [3.8, 4) is 0 Å². The standard InChI is InChI=1S/C17H21NO4/c1-4-14(17(2,3)21)15(19)18-13(11-22-16(18)20)10-12-8-6-5-7-9-12/h4-9,13-14,21H,1,10-11H2,2-3H3/t13-,14-/m1/s1. The van der Waals surface area contributed by atoms with Crippen LogP contribution in [-0.4, -0.2) is 40.3 Å². The summed E-state index contributed by atoms with van der Waals surface area (Å²) in [6.07, 6.45) is 1.23. The minimum atomic E-state index is -1.29. The van der Waals surface area contributed by atoms with Gasteiger partial charge in [0.15, 0.2) is 0 Å². The summed E-state index contributed by atoms with van der Waals surface area (Å²) >= 11 is 0. The number of nitrogens with zero attached hydrogens (tertiary/aromatic N) is 1. The van der Waals surface area contributed by atoms with E-state index in [4.69, 9.17) is 4.74 Å². The zero-order valence-electron chi connectivity index (χ0n) is 12.9. The topological polar surface area (TPSA) is 66.8 Å².